The Hall–Kier alpha value is -2.87. The number of thioether (sulfide) groups is 1. The fraction of sp³-hybridized carbons (Fsp3) is 0.211. The Kier molecular flexibility index (Phi) is 5.75. The molecule has 1 aliphatic rings. The Labute approximate surface area is 160 Å². The highest BCUT2D eigenvalue weighted by Gasteiger charge is 2.35. The van der Waals surface area contributed by atoms with E-state index >= 15 is 0 Å². The van der Waals surface area contributed by atoms with Crippen molar-refractivity contribution in [3.05, 3.63) is 59.9 Å². The lowest BCUT2D eigenvalue weighted by atomic mass is 10.1. The lowest BCUT2D eigenvalue weighted by Crippen LogP contribution is -2.45. The molecule has 0 bridgehead atoms. The van der Waals surface area contributed by atoms with E-state index in [1.807, 2.05) is 30.5 Å². The van der Waals surface area contributed by atoms with Gasteiger partial charge in [-0.15, -0.1) is 11.8 Å². The van der Waals surface area contributed by atoms with Crippen molar-refractivity contribution in [2.45, 2.75) is 11.3 Å². The molecule has 0 radical (unpaired) electrons. The highest BCUT2D eigenvalue weighted by Crippen LogP contribution is 2.27. The van der Waals surface area contributed by atoms with E-state index in [0.717, 1.165) is 22.7 Å². The van der Waals surface area contributed by atoms with E-state index in [1.165, 1.54) is 12.1 Å². The third-order valence-electron chi connectivity index (χ3n) is 4.29. The van der Waals surface area contributed by atoms with Gasteiger partial charge in [0, 0.05) is 29.1 Å². The fourth-order valence-electron chi connectivity index (χ4n) is 2.79. The Bertz CT molecular complexity index is 856. The topological polar surface area (TPSA) is 78.5 Å². The maximum absolute atomic E-state index is 12.9. The second kappa shape index (κ2) is 8.22. The summed E-state index contributed by atoms with van der Waals surface area (Å²) in [6.45, 7) is 0.246. The van der Waals surface area contributed by atoms with Crippen LogP contribution in [0.2, 0.25) is 0 Å². The molecule has 0 spiro atoms. The molecule has 0 saturated carbocycles. The Morgan fingerprint density at radius 3 is 2.37 bits per heavy atom. The van der Waals surface area contributed by atoms with Crippen LogP contribution < -0.4 is 15.8 Å². The van der Waals surface area contributed by atoms with Crippen molar-refractivity contribution >= 4 is 35.2 Å². The molecule has 0 aliphatic carbocycles. The van der Waals surface area contributed by atoms with E-state index in [1.54, 1.807) is 16.7 Å². The normalized spacial score (nSPS) is 16.3. The summed E-state index contributed by atoms with van der Waals surface area (Å²) in [6, 6.07) is 12.5. The van der Waals surface area contributed by atoms with Crippen LogP contribution in [0.3, 0.4) is 0 Å². The van der Waals surface area contributed by atoms with E-state index in [4.69, 9.17) is 0 Å². The van der Waals surface area contributed by atoms with Gasteiger partial charge in [-0.05, 0) is 54.8 Å². The van der Waals surface area contributed by atoms with Gasteiger partial charge in [0.05, 0.1) is 5.92 Å². The van der Waals surface area contributed by atoms with Crippen LogP contribution in [0.15, 0.2) is 53.4 Å². The molecule has 3 amide bonds. The molecule has 1 fully saturated rings. The number of hydrazine groups is 1. The van der Waals surface area contributed by atoms with E-state index < -0.39 is 23.5 Å². The molecule has 1 aliphatic heterocycles. The lowest BCUT2D eigenvalue weighted by Gasteiger charge is -2.17. The molecule has 1 saturated heterocycles. The van der Waals surface area contributed by atoms with Gasteiger partial charge in [-0.3, -0.25) is 25.2 Å². The minimum atomic E-state index is -0.564. The standard InChI is InChI=1S/C19H18FN3O3S/c1-27-16-8-6-15(7-9-16)23-11-13(10-17(23)24)19(26)22-21-18(25)12-2-4-14(20)5-3-12/h2-9,13H,10-11H2,1H3,(H,21,25)(H,22,26). The van der Waals surface area contributed by atoms with Crippen molar-refractivity contribution in [2.24, 2.45) is 5.92 Å². The monoisotopic (exact) mass is 387 g/mol. The number of benzene rings is 2. The van der Waals surface area contributed by atoms with Crippen LogP contribution in [-0.2, 0) is 9.59 Å². The van der Waals surface area contributed by atoms with Gasteiger partial charge in [-0.1, -0.05) is 0 Å². The third kappa shape index (κ3) is 4.46. The molecule has 3 rings (SSSR count). The van der Waals surface area contributed by atoms with Crippen molar-refractivity contribution in [2.75, 3.05) is 17.7 Å². The molecule has 1 atom stereocenters. The number of amides is 3. The van der Waals surface area contributed by atoms with Crippen molar-refractivity contribution in [3.63, 3.8) is 0 Å². The molecule has 2 aromatic carbocycles. The highest BCUT2D eigenvalue weighted by atomic mass is 32.2. The molecule has 6 nitrogen and oxygen atoms in total. The van der Waals surface area contributed by atoms with Crippen LogP contribution in [0.1, 0.15) is 16.8 Å². The maximum Gasteiger partial charge on any atom is 0.269 e. The molecule has 27 heavy (non-hydrogen) atoms. The minimum absolute atomic E-state index is 0.0720. The minimum Gasteiger partial charge on any atom is -0.312 e. The van der Waals surface area contributed by atoms with Crippen LogP contribution in [0.5, 0.6) is 0 Å². The number of nitrogens with zero attached hydrogens (tertiary/aromatic N) is 1. The van der Waals surface area contributed by atoms with Gasteiger partial charge in [0.15, 0.2) is 0 Å². The van der Waals surface area contributed by atoms with E-state index in [-0.39, 0.29) is 24.4 Å². The summed E-state index contributed by atoms with van der Waals surface area (Å²) in [5.41, 5.74) is 5.58. The number of hydrogen-bond donors (Lipinski definition) is 2. The molecule has 1 unspecified atom stereocenters. The van der Waals surface area contributed by atoms with Crippen LogP contribution in [0, 0.1) is 11.7 Å². The summed E-state index contributed by atoms with van der Waals surface area (Å²) in [4.78, 5) is 39.2. The molecule has 0 aromatic heterocycles. The summed E-state index contributed by atoms with van der Waals surface area (Å²) < 4.78 is 12.9. The van der Waals surface area contributed by atoms with Gasteiger partial charge in [0.2, 0.25) is 11.8 Å². The first kappa shape index (κ1) is 18.9. The van der Waals surface area contributed by atoms with Crippen LogP contribution >= 0.6 is 11.8 Å². The predicted octanol–water partition coefficient (Wildman–Crippen LogP) is 2.36. The summed E-state index contributed by atoms with van der Waals surface area (Å²) >= 11 is 1.61. The average Bonchev–Trinajstić information content (AvgIpc) is 3.08. The van der Waals surface area contributed by atoms with Crippen molar-refractivity contribution in [1.29, 1.82) is 0 Å². The Morgan fingerprint density at radius 1 is 1.07 bits per heavy atom. The number of carbonyl (C=O) groups is 3. The van der Waals surface area contributed by atoms with E-state index in [9.17, 15) is 18.8 Å². The molecule has 8 heteroatoms. The molecular weight excluding hydrogens is 369 g/mol. The van der Waals surface area contributed by atoms with Crippen LogP contribution in [-0.4, -0.2) is 30.5 Å². The van der Waals surface area contributed by atoms with E-state index in [2.05, 4.69) is 10.9 Å². The molecule has 140 valence electrons. The summed E-state index contributed by atoms with van der Waals surface area (Å²) in [5.74, 6) is -2.16. The lowest BCUT2D eigenvalue weighted by molar-refractivity contribution is -0.126. The third-order valence-corrected chi connectivity index (χ3v) is 5.03. The smallest absolute Gasteiger partial charge is 0.269 e. The average molecular weight is 387 g/mol. The first-order chi connectivity index (χ1) is 13.0. The Morgan fingerprint density at radius 2 is 1.74 bits per heavy atom. The number of halogens is 1. The van der Waals surface area contributed by atoms with E-state index in [0.29, 0.717) is 0 Å². The predicted molar refractivity (Wildman–Crippen MR) is 101 cm³/mol. The summed E-state index contributed by atoms with van der Waals surface area (Å²) in [5, 5.41) is 0. The van der Waals surface area contributed by atoms with Crippen molar-refractivity contribution in [3.8, 4) is 0 Å². The maximum atomic E-state index is 12.9. The second-order valence-corrected chi connectivity index (χ2v) is 6.93. The number of nitrogens with one attached hydrogen (secondary N) is 2. The fourth-order valence-corrected chi connectivity index (χ4v) is 3.20. The van der Waals surface area contributed by atoms with Gasteiger partial charge >= 0.3 is 0 Å². The number of anilines is 1. The SMILES string of the molecule is CSc1ccc(N2CC(C(=O)NNC(=O)c3ccc(F)cc3)CC2=O)cc1. The number of rotatable bonds is 4. The first-order valence-corrected chi connectivity index (χ1v) is 9.50. The van der Waals surface area contributed by atoms with Gasteiger partial charge in [0.25, 0.3) is 5.91 Å². The highest BCUT2D eigenvalue weighted by molar-refractivity contribution is 7.98. The van der Waals surface area contributed by atoms with Crippen molar-refractivity contribution in [1.82, 2.24) is 10.9 Å². The largest absolute Gasteiger partial charge is 0.312 e. The number of carbonyl (C=O) groups excluding carboxylic acids is 3. The van der Waals surface area contributed by atoms with Crippen molar-refractivity contribution < 1.29 is 18.8 Å². The Balaban J connectivity index is 1.56. The van der Waals surface area contributed by atoms with Crippen LogP contribution in [0.25, 0.3) is 0 Å². The molecular formula is C19H18FN3O3S. The molecule has 2 aromatic rings. The van der Waals surface area contributed by atoms with Gasteiger partial charge in [-0.25, -0.2) is 4.39 Å². The van der Waals surface area contributed by atoms with Gasteiger partial charge < -0.3 is 4.90 Å². The zero-order chi connectivity index (χ0) is 19.4. The zero-order valence-electron chi connectivity index (χ0n) is 14.6. The summed E-state index contributed by atoms with van der Waals surface area (Å²) in [7, 11) is 0. The van der Waals surface area contributed by atoms with Gasteiger partial charge in [0.1, 0.15) is 5.82 Å². The molecule has 1 heterocycles. The quantitative estimate of drug-likeness (QED) is 0.624. The van der Waals surface area contributed by atoms with Gasteiger partial charge in [-0.2, -0.15) is 0 Å². The zero-order valence-corrected chi connectivity index (χ0v) is 15.4. The van der Waals surface area contributed by atoms with Crippen LogP contribution in [0.4, 0.5) is 10.1 Å². The first-order valence-electron chi connectivity index (χ1n) is 8.28. The summed E-state index contributed by atoms with van der Waals surface area (Å²) in [6.07, 6.45) is 2.04. The number of hydrogen-bond acceptors (Lipinski definition) is 4. The second-order valence-electron chi connectivity index (χ2n) is 6.05. The molecule has 2 N–H and O–H groups in total.